The largest absolute Gasteiger partial charge is 0.476 e. The highest BCUT2D eigenvalue weighted by Crippen LogP contribution is 2.32. The van der Waals surface area contributed by atoms with Crippen LogP contribution < -0.4 is 10.1 Å². The number of fused-ring (bicyclic) bond motifs is 1. The van der Waals surface area contributed by atoms with Crippen molar-refractivity contribution in [3.05, 3.63) is 64.5 Å². The van der Waals surface area contributed by atoms with Gasteiger partial charge in [-0.25, -0.2) is 14.6 Å². The summed E-state index contributed by atoms with van der Waals surface area (Å²) in [5, 5.41) is 4.81. The fraction of sp³-hybridized carbons (Fsp3) is 0.320. The summed E-state index contributed by atoms with van der Waals surface area (Å²) in [6.45, 7) is 4.12. The molecular formula is C25H24F3N3O4S. The summed E-state index contributed by atoms with van der Waals surface area (Å²) in [6.07, 6.45) is -3.80. The number of benzene rings is 2. The third-order valence-corrected chi connectivity index (χ3v) is 6.51. The van der Waals surface area contributed by atoms with E-state index in [0.29, 0.717) is 41.6 Å². The van der Waals surface area contributed by atoms with Gasteiger partial charge in [-0.3, -0.25) is 5.32 Å². The highest BCUT2D eigenvalue weighted by Gasteiger charge is 2.32. The van der Waals surface area contributed by atoms with Crippen molar-refractivity contribution in [3.63, 3.8) is 0 Å². The zero-order chi connectivity index (χ0) is 26.1. The van der Waals surface area contributed by atoms with E-state index in [2.05, 4.69) is 10.3 Å². The van der Waals surface area contributed by atoms with Crippen molar-refractivity contribution in [1.29, 1.82) is 0 Å². The fourth-order valence-corrected chi connectivity index (χ4v) is 4.52. The van der Waals surface area contributed by atoms with Gasteiger partial charge in [0.25, 0.3) is 0 Å². The van der Waals surface area contributed by atoms with Gasteiger partial charge in [0.1, 0.15) is 5.75 Å². The lowest BCUT2D eigenvalue weighted by molar-refractivity contribution is -0.156. The number of carbonyl (C=O) groups is 2. The maximum absolute atomic E-state index is 12.8. The Balaban J connectivity index is 1.38. The van der Waals surface area contributed by atoms with Gasteiger partial charge in [0.05, 0.1) is 18.4 Å². The van der Waals surface area contributed by atoms with Crippen LogP contribution in [0.15, 0.2) is 47.8 Å². The monoisotopic (exact) mass is 519 g/mol. The van der Waals surface area contributed by atoms with E-state index in [-0.39, 0.29) is 6.03 Å². The number of hydrogen-bond donors (Lipinski definition) is 1. The maximum Gasteiger partial charge on any atom is 0.416 e. The Labute approximate surface area is 209 Å². The molecule has 36 heavy (non-hydrogen) atoms. The van der Waals surface area contributed by atoms with Gasteiger partial charge in [-0.15, -0.1) is 11.3 Å². The topological polar surface area (TPSA) is 80.8 Å². The molecule has 0 unspecified atom stereocenters. The molecule has 0 bridgehead atoms. The van der Waals surface area contributed by atoms with E-state index < -0.39 is 23.3 Å². The molecule has 0 saturated carbocycles. The minimum Gasteiger partial charge on any atom is -0.476 e. The number of aromatic nitrogens is 1. The summed E-state index contributed by atoms with van der Waals surface area (Å²) >= 11 is 1.20. The van der Waals surface area contributed by atoms with Crippen LogP contribution in [0, 0.1) is 0 Å². The molecule has 7 nitrogen and oxygen atoms in total. The summed E-state index contributed by atoms with van der Waals surface area (Å²) in [5.74, 6) is 0.0624. The molecule has 3 aromatic rings. The highest BCUT2D eigenvalue weighted by molar-refractivity contribution is 7.14. The lowest BCUT2D eigenvalue weighted by atomic mass is 9.99. The van der Waals surface area contributed by atoms with Crippen LogP contribution in [-0.4, -0.2) is 41.1 Å². The van der Waals surface area contributed by atoms with E-state index in [1.165, 1.54) is 30.6 Å². The van der Waals surface area contributed by atoms with Crippen molar-refractivity contribution < 1.29 is 32.2 Å². The second-order valence-corrected chi connectivity index (χ2v) is 9.61. The first kappa shape index (κ1) is 25.5. The number of alkyl halides is 3. The Morgan fingerprint density at radius 2 is 1.81 bits per heavy atom. The summed E-state index contributed by atoms with van der Waals surface area (Å²) in [4.78, 5) is 30.7. The molecule has 11 heteroatoms. The van der Waals surface area contributed by atoms with Crippen LogP contribution in [-0.2, 0) is 28.7 Å². The normalized spacial score (nSPS) is 13.7. The van der Waals surface area contributed by atoms with E-state index in [4.69, 9.17) is 9.47 Å². The van der Waals surface area contributed by atoms with Gasteiger partial charge >= 0.3 is 18.2 Å². The van der Waals surface area contributed by atoms with Crippen LogP contribution >= 0.6 is 11.3 Å². The number of esters is 1. The number of ether oxygens (including phenoxy) is 2. The third-order valence-electron chi connectivity index (χ3n) is 5.75. The van der Waals surface area contributed by atoms with Crippen LogP contribution in [0.2, 0.25) is 0 Å². The van der Waals surface area contributed by atoms with Gasteiger partial charge in [0.15, 0.2) is 10.7 Å². The number of rotatable bonds is 5. The summed E-state index contributed by atoms with van der Waals surface area (Å²) in [5.41, 5.74) is 1.14. The minimum absolute atomic E-state index is 0.318. The Hall–Kier alpha value is -3.60. The van der Waals surface area contributed by atoms with Crippen LogP contribution in [0.25, 0.3) is 11.3 Å². The van der Waals surface area contributed by atoms with Gasteiger partial charge < -0.3 is 14.4 Å². The van der Waals surface area contributed by atoms with Gasteiger partial charge in [0, 0.05) is 24.0 Å². The van der Waals surface area contributed by atoms with Crippen LogP contribution in [0.5, 0.6) is 5.75 Å². The van der Waals surface area contributed by atoms with Gasteiger partial charge in [-0.2, -0.15) is 13.2 Å². The summed E-state index contributed by atoms with van der Waals surface area (Å²) in [7, 11) is 1.31. The first-order valence-corrected chi connectivity index (χ1v) is 11.9. The number of nitrogens with zero attached hydrogens (tertiary/aromatic N) is 2. The number of anilines is 1. The van der Waals surface area contributed by atoms with Gasteiger partial charge in [0.2, 0.25) is 0 Å². The number of carbonyl (C=O) groups excluding carboxylic acids is 2. The molecule has 1 N–H and O–H groups in total. The SMILES string of the molecule is COC(=O)C(C)(C)Oc1ccc2c(c1)CCN(C(=O)Nc1nc(-c3ccc(C(F)(F)F)cc3)cs1)C2. The minimum atomic E-state index is -4.40. The predicted octanol–water partition coefficient (Wildman–Crippen LogP) is 5.75. The van der Waals surface area contributed by atoms with Crippen molar-refractivity contribution in [2.75, 3.05) is 19.0 Å². The number of nitrogens with one attached hydrogen (secondary N) is 1. The smallest absolute Gasteiger partial charge is 0.416 e. The lowest BCUT2D eigenvalue weighted by Gasteiger charge is -2.30. The Morgan fingerprint density at radius 3 is 2.47 bits per heavy atom. The lowest BCUT2D eigenvalue weighted by Crippen LogP contribution is -2.40. The Bertz CT molecular complexity index is 1270. The first-order chi connectivity index (χ1) is 17.0. The van der Waals surface area contributed by atoms with Gasteiger partial charge in [-0.05, 0) is 55.7 Å². The molecule has 2 heterocycles. The molecule has 1 aromatic heterocycles. The molecule has 190 valence electrons. The second kappa shape index (κ2) is 9.81. The molecule has 1 aliphatic heterocycles. The zero-order valence-corrected chi connectivity index (χ0v) is 20.6. The third kappa shape index (κ3) is 5.62. The van der Waals surface area contributed by atoms with E-state index in [1.807, 2.05) is 12.1 Å². The molecule has 0 fully saturated rings. The average molecular weight is 520 g/mol. The molecule has 0 aliphatic carbocycles. The van der Waals surface area contributed by atoms with Crippen LogP contribution in [0.3, 0.4) is 0 Å². The molecule has 0 spiro atoms. The quantitative estimate of drug-likeness (QED) is 0.434. The van der Waals surface area contributed by atoms with Crippen molar-refractivity contribution in [2.24, 2.45) is 0 Å². The second-order valence-electron chi connectivity index (χ2n) is 8.75. The Morgan fingerprint density at radius 1 is 1.08 bits per heavy atom. The number of urea groups is 1. The number of methoxy groups -OCH3 is 1. The highest BCUT2D eigenvalue weighted by atomic mass is 32.1. The van der Waals surface area contributed by atoms with Crippen molar-refractivity contribution in [3.8, 4) is 17.0 Å². The van der Waals surface area contributed by atoms with Gasteiger partial charge in [-0.1, -0.05) is 18.2 Å². The van der Waals surface area contributed by atoms with E-state index in [9.17, 15) is 22.8 Å². The Kier molecular flexibility index (Phi) is 6.94. The molecule has 4 rings (SSSR count). The predicted molar refractivity (Wildman–Crippen MR) is 129 cm³/mol. The fourth-order valence-electron chi connectivity index (χ4n) is 3.81. The van der Waals surface area contributed by atoms with E-state index >= 15 is 0 Å². The zero-order valence-electron chi connectivity index (χ0n) is 19.8. The molecule has 1 aliphatic rings. The number of amides is 2. The number of hydrogen-bond acceptors (Lipinski definition) is 6. The standard InChI is InChI=1S/C25H24F3N3O4S/c1-24(2,21(32)34-3)35-19-9-6-17-13-31(11-10-16(17)12-19)23(33)30-22-29-20(14-36-22)15-4-7-18(8-5-15)25(26,27)28/h4-9,12,14H,10-11,13H2,1-3H3,(H,29,30,33). The van der Waals surface area contributed by atoms with E-state index in [1.54, 1.807) is 30.2 Å². The maximum atomic E-state index is 12.8. The first-order valence-electron chi connectivity index (χ1n) is 11.0. The number of halogens is 3. The average Bonchev–Trinajstić information content (AvgIpc) is 3.30. The molecule has 2 aromatic carbocycles. The summed E-state index contributed by atoms with van der Waals surface area (Å²) in [6, 6.07) is 9.89. The number of thiazole rings is 1. The molecule has 0 atom stereocenters. The van der Waals surface area contributed by atoms with E-state index in [0.717, 1.165) is 23.3 Å². The van der Waals surface area contributed by atoms with Crippen molar-refractivity contribution in [2.45, 2.75) is 38.6 Å². The molecule has 2 amide bonds. The molecule has 0 saturated heterocycles. The van der Waals surface area contributed by atoms with Crippen LogP contribution in [0.1, 0.15) is 30.5 Å². The van der Waals surface area contributed by atoms with Crippen molar-refractivity contribution in [1.82, 2.24) is 9.88 Å². The van der Waals surface area contributed by atoms with Crippen molar-refractivity contribution >= 4 is 28.5 Å². The van der Waals surface area contributed by atoms with Crippen LogP contribution in [0.4, 0.5) is 23.1 Å². The molecule has 0 radical (unpaired) electrons. The molecular weight excluding hydrogens is 495 g/mol. The summed E-state index contributed by atoms with van der Waals surface area (Å²) < 4.78 is 48.9.